The van der Waals surface area contributed by atoms with Gasteiger partial charge in [-0.3, -0.25) is 19.2 Å². The molecule has 11 nitrogen and oxygen atoms in total. The maximum absolute atomic E-state index is 11.9. The second-order valence-electron chi connectivity index (χ2n) is 6.99. The Hall–Kier alpha value is -3.34. The van der Waals surface area contributed by atoms with Crippen LogP contribution < -0.4 is 14.8 Å². The molecule has 1 aromatic carbocycles. The smallest absolute Gasteiger partial charge is 0.303 e. The van der Waals surface area contributed by atoms with E-state index in [2.05, 4.69) is 5.32 Å². The Morgan fingerprint density at radius 3 is 2.03 bits per heavy atom. The van der Waals surface area contributed by atoms with Crippen LogP contribution in [0.5, 0.6) is 11.5 Å². The van der Waals surface area contributed by atoms with Crippen LogP contribution in [0.25, 0.3) is 0 Å². The molecule has 2 rings (SSSR count). The van der Waals surface area contributed by atoms with E-state index in [1.165, 1.54) is 34.8 Å². The largest absolute Gasteiger partial charge is 0.493 e. The van der Waals surface area contributed by atoms with Crippen LogP contribution in [0, 0.1) is 0 Å². The van der Waals surface area contributed by atoms with Gasteiger partial charge in [0.05, 0.1) is 7.11 Å². The third kappa shape index (κ3) is 6.84. The van der Waals surface area contributed by atoms with Gasteiger partial charge >= 0.3 is 17.9 Å². The number of ether oxygens (including phenoxy) is 6. The predicted octanol–water partition coefficient (Wildman–Crippen LogP) is 0.730. The number of hydrogen-bond acceptors (Lipinski definition) is 10. The molecule has 1 saturated heterocycles. The van der Waals surface area contributed by atoms with Gasteiger partial charge in [0.25, 0.3) is 0 Å². The minimum atomic E-state index is -1.22. The topological polar surface area (TPSA) is 136 Å². The zero-order valence-corrected chi connectivity index (χ0v) is 18.5. The minimum absolute atomic E-state index is 0.286. The summed E-state index contributed by atoms with van der Waals surface area (Å²) < 4.78 is 33.0. The predicted molar refractivity (Wildman–Crippen MR) is 108 cm³/mol. The highest BCUT2D eigenvalue weighted by Gasteiger charge is 2.52. The van der Waals surface area contributed by atoms with Crippen molar-refractivity contribution in [2.75, 3.05) is 13.7 Å². The summed E-state index contributed by atoms with van der Waals surface area (Å²) in [5.74, 6) is -1.76. The van der Waals surface area contributed by atoms with Crippen LogP contribution in [-0.4, -0.2) is 68.2 Å². The summed E-state index contributed by atoms with van der Waals surface area (Å²) in [5, 5.41) is 2.63. The molecule has 0 aliphatic carbocycles. The van der Waals surface area contributed by atoms with E-state index in [4.69, 9.17) is 28.4 Å². The Bertz CT molecular complexity index is 842. The van der Waals surface area contributed by atoms with E-state index < -0.39 is 54.5 Å². The molecule has 1 aliphatic heterocycles. The lowest BCUT2D eigenvalue weighted by Crippen LogP contribution is -2.67. The maximum Gasteiger partial charge on any atom is 0.303 e. The number of rotatable bonds is 8. The van der Waals surface area contributed by atoms with Crippen molar-refractivity contribution < 1.29 is 47.6 Å². The lowest BCUT2D eigenvalue weighted by atomic mass is 9.96. The second kappa shape index (κ2) is 11.3. The molecule has 5 unspecified atom stereocenters. The van der Waals surface area contributed by atoms with Crippen molar-refractivity contribution in [3.8, 4) is 11.5 Å². The average Bonchev–Trinajstić information content (AvgIpc) is 2.70. The molecule has 11 heteroatoms. The van der Waals surface area contributed by atoms with Gasteiger partial charge in [-0.05, 0) is 12.1 Å². The number of esters is 3. The number of benzene rings is 1. The number of carbonyl (C=O) groups is 4. The third-order valence-corrected chi connectivity index (χ3v) is 4.38. The molecular weight excluding hydrogens is 426 g/mol. The maximum atomic E-state index is 11.9. The molecule has 1 aromatic rings. The summed E-state index contributed by atoms with van der Waals surface area (Å²) in [5.41, 5.74) is 0. The number of nitrogens with one attached hydrogen (secondary N) is 1. The second-order valence-corrected chi connectivity index (χ2v) is 6.99. The van der Waals surface area contributed by atoms with Gasteiger partial charge in [0, 0.05) is 27.7 Å². The van der Waals surface area contributed by atoms with Crippen LogP contribution in [0.1, 0.15) is 27.7 Å². The van der Waals surface area contributed by atoms with Crippen LogP contribution >= 0.6 is 0 Å². The third-order valence-electron chi connectivity index (χ3n) is 4.38. The van der Waals surface area contributed by atoms with E-state index in [1.54, 1.807) is 24.3 Å². The number of para-hydroxylation sites is 2. The number of amides is 1. The summed E-state index contributed by atoms with van der Waals surface area (Å²) in [6, 6.07) is 5.65. The zero-order valence-electron chi connectivity index (χ0n) is 18.5. The fourth-order valence-electron chi connectivity index (χ4n) is 3.23. The van der Waals surface area contributed by atoms with Gasteiger partial charge in [-0.15, -0.1) is 0 Å². The van der Waals surface area contributed by atoms with Crippen LogP contribution in [0.3, 0.4) is 0 Å². The molecular formula is C21H27NO10. The number of methoxy groups -OCH3 is 1. The molecule has 0 bridgehead atoms. The fraction of sp³-hybridized carbons (Fsp3) is 0.524. The Kier molecular flexibility index (Phi) is 8.82. The molecule has 176 valence electrons. The fourth-order valence-corrected chi connectivity index (χ4v) is 3.23. The minimum Gasteiger partial charge on any atom is -0.493 e. The van der Waals surface area contributed by atoms with Crippen LogP contribution in [0.2, 0.25) is 0 Å². The van der Waals surface area contributed by atoms with E-state index in [9.17, 15) is 19.2 Å². The lowest BCUT2D eigenvalue weighted by Gasteiger charge is -2.44. The van der Waals surface area contributed by atoms with Crippen molar-refractivity contribution in [2.45, 2.75) is 58.3 Å². The van der Waals surface area contributed by atoms with Gasteiger partial charge in [-0.2, -0.15) is 0 Å². The van der Waals surface area contributed by atoms with Crippen molar-refractivity contribution in [1.29, 1.82) is 0 Å². The van der Waals surface area contributed by atoms with Crippen molar-refractivity contribution in [1.82, 2.24) is 5.32 Å². The van der Waals surface area contributed by atoms with E-state index >= 15 is 0 Å². The highest BCUT2D eigenvalue weighted by Crippen LogP contribution is 2.32. The molecule has 0 aromatic heterocycles. The van der Waals surface area contributed by atoms with Crippen molar-refractivity contribution in [3.63, 3.8) is 0 Å². The summed E-state index contributed by atoms with van der Waals surface area (Å²) in [4.78, 5) is 46.9. The monoisotopic (exact) mass is 453 g/mol. The number of hydrogen-bond donors (Lipinski definition) is 1. The molecule has 32 heavy (non-hydrogen) atoms. The molecule has 1 fully saturated rings. The Morgan fingerprint density at radius 1 is 0.906 bits per heavy atom. The Labute approximate surface area is 185 Å². The average molecular weight is 453 g/mol. The molecule has 0 radical (unpaired) electrons. The molecule has 1 amide bonds. The first kappa shape index (κ1) is 24.9. The van der Waals surface area contributed by atoms with Gasteiger partial charge in [0.2, 0.25) is 12.2 Å². The van der Waals surface area contributed by atoms with Gasteiger partial charge in [-0.1, -0.05) is 12.1 Å². The van der Waals surface area contributed by atoms with Gasteiger partial charge in [-0.25, -0.2) is 0 Å². The standard InChI is InChI=1S/C21H27NO10/c1-11(23)22-18-20(30-14(4)26)19(29-13(3)25)17(10-28-12(2)24)32-21(18)31-16-9-7-6-8-15(16)27-5/h6-9,17-21H,10H2,1-5H3,(H,22,23). The SMILES string of the molecule is COc1ccccc1OC1OC(COC(C)=O)C(OC(C)=O)C(OC(C)=O)C1NC(C)=O. The molecule has 5 atom stereocenters. The van der Waals surface area contributed by atoms with Crippen molar-refractivity contribution in [2.24, 2.45) is 0 Å². The van der Waals surface area contributed by atoms with Crippen molar-refractivity contribution >= 4 is 23.8 Å². The first-order valence-electron chi connectivity index (χ1n) is 9.82. The van der Waals surface area contributed by atoms with Gasteiger partial charge < -0.3 is 33.7 Å². The summed E-state index contributed by atoms with van der Waals surface area (Å²) in [6.07, 6.45) is -4.66. The van der Waals surface area contributed by atoms with Gasteiger partial charge in [0.15, 0.2) is 23.7 Å². The van der Waals surface area contributed by atoms with Crippen LogP contribution in [0.4, 0.5) is 0 Å². The van der Waals surface area contributed by atoms with Crippen LogP contribution in [0.15, 0.2) is 24.3 Å². The van der Waals surface area contributed by atoms with Gasteiger partial charge in [0.1, 0.15) is 18.8 Å². The highest BCUT2D eigenvalue weighted by atomic mass is 16.7. The molecule has 1 N–H and O–H groups in total. The molecule has 1 heterocycles. The number of carbonyl (C=O) groups excluding carboxylic acids is 4. The first-order valence-corrected chi connectivity index (χ1v) is 9.82. The lowest BCUT2D eigenvalue weighted by molar-refractivity contribution is -0.257. The zero-order chi connectivity index (χ0) is 23.8. The van der Waals surface area contributed by atoms with Crippen LogP contribution in [-0.2, 0) is 38.1 Å². The molecule has 1 aliphatic rings. The van der Waals surface area contributed by atoms with E-state index in [-0.39, 0.29) is 12.4 Å². The molecule has 0 spiro atoms. The Balaban J connectivity index is 2.48. The highest BCUT2D eigenvalue weighted by molar-refractivity contribution is 5.73. The summed E-state index contributed by atoms with van der Waals surface area (Å²) in [7, 11) is 1.46. The van der Waals surface area contributed by atoms with E-state index in [1.807, 2.05) is 0 Å². The first-order chi connectivity index (χ1) is 15.1. The van der Waals surface area contributed by atoms with Crippen molar-refractivity contribution in [3.05, 3.63) is 24.3 Å². The normalized spacial score (nSPS) is 24.6. The Morgan fingerprint density at radius 2 is 1.50 bits per heavy atom. The molecule has 0 saturated carbocycles. The van der Waals surface area contributed by atoms with E-state index in [0.29, 0.717) is 5.75 Å². The van der Waals surface area contributed by atoms with E-state index in [0.717, 1.165) is 0 Å². The summed E-state index contributed by atoms with van der Waals surface area (Å²) >= 11 is 0. The quantitative estimate of drug-likeness (QED) is 0.443. The summed E-state index contributed by atoms with van der Waals surface area (Å²) in [6.45, 7) is 4.48.